The van der Waals surface area contributed by atoms with E-state index in [1.807, 2.05) is 0 Å². The average Bonchev–Trinajstić information content (AvgIpc) is 3.18. The molecule has 0 aliphatic carbocycles. The van der Waals surface area contributed by atoms with Crippen LogP contribution in [0.5, 0.6) is 11.5 Å². The van der Waals surface area contributed by atoms with Crippen molar-refractivity contribution in [3.63, 3.8) is 0 Å². The summed E-state index contributed by atoms with van der Waals surface area (Å²) in [5.41, 5.74) is 0.0833. The SMILES string of the molecule is COc1cccc(C(=O)Nc2nnc(SCc3cccc(C(F)(F)F)c3)s2)c1OC. The molecule has 0 aliphatic rings. The number of ether oxygens (including phenoxy) is 2. The third-order valence-electron chi connectivity index (χ3n) is 3.89. The molecule has 158 valence electrons. The van der Waals surface area contributed by atoms with Gasteiger partial charge in [-0.2, -0.15) is 13.2 Å². The van der Waals surface area contributed by atoms with Crippen LogP contribution in [-0.2, 0) is 11.9 Å². The summed E-state index contributed by atoms with van der Waals surface area (Å²) in [7, 11) is 2.90. The highest BCUT2D eigenvalue weighted by atomic mass is 32.2. The Kier molecular flexibility index (Phi) is 6.83. The minimum atomic E-state index is -4.39. The Morgan fingerprint density at radius 1 is 1.13 bits per heavy atom. The maximum absolute atomic E-state index is 12.8. The molecule has 0 atom stereocenters. The maximum Gasteiger partial charge on any atom is 0.416 e. The summed E-state index contributed by atoms with van der Waals surface area (Å²) in [6, 6.07) is 10.0. The minimum absolute atomic E-state index is 0.261. The van der Waals surface area contributed by atoms with Crippen molar-refractivity contribution in [1.82, 2.24) is 10.2 Å². The monoisotopic (exact) mass is 455 g/mol. The molecule has 0 unspecified atom stereocenters. The number of nitrogens with zero attached hydrogens (tertiary/aromatic N) is 2. The number of anilines is 1. The number of amides is 1. The third kappa shape index (κ3) is 5.22. The molecule has 6 nitrogen and oxygen atoms in total. The fourth-order valence-corrected chi connectivity index (χ4v) is 4.22. The molecule has 0 fully saturated rings. The molecule has 0 spiro atoms. The Hall–Kier alpha value is -2.79. The third-order valence-corrected chi connectivity index (χ3v) is 5.93. The molecular formula is C19H16F3N3O3S2. The number of alkyl halides is 3. The minimum Gasteiger partial charge on any atom is -0.493 e. The van der Waals surface area contributed by atoms with Gasteiger partial charge >= 0.3 is 6.18 Å². The molecular weight excluding hydrogens is 439 g/mol. The molecule has 3 aromatic rings. The highest BCUT2D eigenvalue weighted by molar-refractivity contribution is 8.00. The lowest BCUT2D eigenvalue weighted by atomic mass is 10.1. The number of benzene rings is 2. The van der Waals surface area contributed by atoms with Crippen LogP contribution in [0.4, 0.5) is 18.3 Å². The van der Waals surface area contributed by atoms with E-state index in [2.05, 4.69) is 15.5 Å². The number of rotatable bonds is 7. The molecule has 1 heterocycles. The van der Waals surface area contributed by atoms with E-state index in [1.165, 1.54) is 32.0 Å². The lowest BCUT2D eigenvalue weighted by molar-refractivity contribution is -0.137. The number of methoxy groups -OCH3 is 2. The first kappa shape index (κ1) is 21.9. The van der Waals surface area contributed by atoms with Gasteiger partial charge in [0, 0.05) is 5.75 Å². The van der Waals surface area contributed by atoms with Crippen LogP contribution in [0.1, 0.15) is 21.5 Å². The van der Waals surface area contributed by atoms with Crippen LogP contribution >= 0.6 is 23.1 Å². The van der Waals surface area contributed by atoms with Crippen LogP contribution in [0.25, 0.3) is 0 Å². The van der Waals surface area contributed by atoms with E-state index in [4.69, 9.17) is 9.47 Å². The smallest absolute Gasteiger partial charge is 0.416 e. The molecule has 0 saturated heterocycles. The molecule has 0 saturated carbocycles. The van der Waals surface area contributed by atoms with Crippen molar-refractivity contribution in [2.75, 3.05) is 19.5 Å². The molecule has 11 heteroatoms. The summed E-state index contributed by atoms with van der Waals surface area (Å²) >= 11 is 2.35. The van der Waals surface area contributed by atoms with E-state index in [1.54, 1.807) is 24.3 Å². The molecule has 0 bridgehead atoms. The van der Waals surface area contributed by atoms with Gasteiger partial charge in [-0.1, -0.05) is 47.4 Å². The van der Waals surface area contributed by atoms with Gasteiger partial charge in [-0.05, 0) is 23.8 Å². The standard InChI is InChI=1S/C19H16F3N3O3S2/c1-27-14-8-4-7-13(15(14)28-2)16(26)23-17-24-25-18(30-17)29-10-11-5-3-6-12(9-11)19(20,21)22/h3-9H,10H2,1-2H3,(H,23,24,26). The van der Waals surface area contributed by atoms with Gasteiger partial charge in [-0.15, -0.1) is 10.2 Å². The Labute approximate surface area is 178 Å². The van der Waals surface area contributed by atoms with E-state index in [-0.39, 0.29) is 16.4 Å². The summed E-state index contributed by atoms with van der Waals surface area (Å²) in [4.78, 5) is 12.6. The van der Waals surface area contributed by atoms with Crippen molar-refractivity contribution >= 4 is 34.1 Å². The average molecular weight is 455 g/mol. The number of hydrogen-bond donors (Lipinski definition) is 1. The lowest BCUT2D eigenvalue weighted by Crippen LogP contribution is -2.13. The zero-order valence-electron chi connectivity index (χ0n) is 15.8. The summed E-state index contributed by atoms with van der Waals surface area (Å²) < 4.78 is 49.4. The number of halogens is 3. The van der Waals surface area contributed by atoms with Gasteiger partial charge < -0.3 is 9.47 Å². The van der Waals surface area contributed by atoms with Gasteiger partial charge in [-0.25, -0.2) is 0 Å². The van der Waals surface area contributed by atoms with Gasteiger partial charge in [0.15, 0.2) is 15.8 Å². The van der Waals surface area contributed by atoms with E-state index in [0.717, 1.165) is 23.5 Å². The van der Waals surface area contributed by atoms with Crippen LogP contribution in [-0.4, -0.2) is 30.3 Å². The molecule has 3 rings (SSSR count). The Balaban J connectivity index is 1.66. The first-order valence-electron chi connectivity index (χ1n) is 8.46. The van der Waals surface area contributed by atoms with E-state index >= 15 is 0 Å². The van der Waals surface area contributed by atoms with Crippen molar-refractivity contribution < 1.29 is 27.4 Å². The summed E-state index contributed by atoms with van der Waals surface area (Å²) in [5, 5.41) is 10.8. The first-order valence-corrected chi connectivity index (χ1v) is 10.3. The molecule has 1 aromatic heterocycles. The largest absolute Gasteiger partial charge is 0.493 e. The fraction of sp³-hybridized carbons (Fsp3) is 0.211. The summed E-state index contributed by atoms with van der Waals surface area (Å²) in [6.45, 7) is 0. The first-order chi connectivity index (χ1) is 14.3. The topological polar surface area (TPSA) is 73.3 Å². The van der Waals surface area contributed by atoms with Crippen LogP contribution in [0.2, 0.25) is 0 Å². The second-order valence-electron chi connectivity index (χ2n) is 5.86. The second kappa shape index (κ2) is 9.35. The summed E-state index contributed by atoms with van der Waals surface area (Å²) in [5.74, 6) is 0.549. The van der Waals surface area contributed by atoms with Crippen LogP contribution < -0.4 is 14.8 Å². The van der Waals surface area contributed by atoms with Gasteiger partial charge in [0.1, 0.15) is 0 Å². The van der Waals surface area contributed by atoms with Crippen molar-refractivity contribution in [1.29, 1.82) is 0 Å². The quantitative estimate of drug-likeness (QED) is 0.394. The number of nitrogens with one attached hydrogen (secondary N) is 1. The van der Waals surface area contributed by atoms with E-state index in [9.17, 15) is 18.0 Å². The molecule has 1 N–H and O–H groups in total. The van der Waals surface area contributed by atoms with Crippen LogP contribution in [0.3, 0.4) is 0 Å². The normalized spacial score (nSPS) is 11.2. The van der Waals surface area contributed by atoms with Crippen LogP contribution in [0, 0.1) is 0 Å². The Morgan fingerprint density at radius 3 is 2.60 bits per heavy atom. The van der Waals surface area contributed by atoms with E-state index in [0.29, 0.717) is 21.4 Å². The predicted molar refractivity (Wildman–Crippen MR) is 108 cm³/mol. The van der Waals surface area contributed by atoms with E-state index < -0.39 is 17.6 Å². The number of carbonyl (C=O) groups is 1. The highest BCUT2D eigenvalue weighted by Gasteiger charge is 2.30. The molecule has 2 aromatic carbocycles. The number of aromatic nitrogens is 2. The number of hydrogen-bond acceptors (Lipinski definition) is 7. The van der Waals surface area contributed by atoms with Crippen LogP contribution in [0.15, 0.2) is 46.8 Å². The molecule has 30 heavy (non-hydrogen) atoms. The number of para-hydroxylation sites is 1. The Bertz CT molecular complexity index is 1040. The van der Waals surface area contributed by atoms with Crippen molar-refractivity contribution in [2.24, 2.45) is 0 Å². The lowest BCUT2D eigenvalue weighted by Gasteiger charge is -2.11. The van der Waals surface area contributed by atoms with Gasteiger partial charge in [0.05, 0.1) is 25.3 Å². The molecule has 0 radical (unpaired) electrons. The second-order valence-corrected chi connectivity index (χ2v) is 8.06. The molecule has 1 amide bonds. The summed E-state index contributed by atoms with van der Waals surface area (Å²) in [6.07, 6.45) is -4.39. The maximum atomic E-state index is 12.8. The fourth-order valence-electron chi connectivity index (χ4n) is 2.53. The van der Waals surface area contributed by atoms with Crippen molar-refractivity contribution in [3.05, 3.63) is 59.2 Å². The van der Waals surface area contributed by atoms with Crippen molar-refractivity contribution in [2.45, 2.75) is 16.3 Å². The van der Waals surface area contributed by atoms with Crippen molar-refractivity contribution in [3.8, 4) is 11.5 Å². The van der Waals surface area contributed by atoms with Gasteiger partial charge in [-0.3, -0.25) is 10.1 Å². The van der Waals surface area contributed by atoms with Gasteiger partial charge in [0.25, 0.3) is 5.91 Å². The number of carbonyl (C=O) groups excluding carboxylic acids is 1. The highest BCUT2D eigenvalue weighted by Crippen LogP contribution is 2.34. The van der Waals surface area contributed by atoms with Gasteiger partial charge in [0.2, 0.25) is 5.13 Å². The predicted octanol–water partition coefficient (Wildman–Crippen LogP) is 5.12. The zero-order chi connectivity index (χ0) is 21.7. The zero-order valence-corrected chi connectivity index (χ0v) is 17.5. The number of thioether (sulfide) groups is 1. The Morgan fingerprint density at radius 2 is 1.90 bits per heavy atom. The molecule has 0 aliphatic heterocycles.